The minimum atomic E-state index is -1.85. The van der Waals surface area contributed by atoms with Crippen LogP contribution in [0.4, 0.5) is 5.69 Å². The van der Waals surface area contributed by atoms with Crippen LogP contribution >= 0.6 is 0 Å². The van der Waals surface area contributed by atoms with Gasteiger partial charge in [0, 0.05) is 18.1 Å². The van der Waals surface area contributed by atoms with Gasteiger partial charge in [0.1, 0.15) is 17.7 Å². The normalized spacial score (nSPS) is 20.2. The molecular formula is C22H14N4O3. The summed E-state index contributed by atoms with van der Waals surface area (Å²) in [6.45, 7) is 1.25. The standard InChI is InChI=1S/C22H14N4O3/c1-13(27)26-18-10-6-5-9-15(18)22(21(26)28)16(11-23)19(14-7-3-2-4-8-14)29-20(25)17(22)12-24/h2-10H,25H2,1H3/t22-/m0/s1. The average Bonchev–Trinajstić information content (AvgIpc) is 2.98. The molecular weight excluding hydrogens is 368 g/mol. The van der Waals surface area contributed by atoms with Crippen LogP contribution in [0.3, 0.4) is 0 Å². The van der Waals surface area contributed by atoms with Crippen molar-refractivity contribution in [1.82, 2.24) is 0 Å². The third-order valence-electron chi connectivity index (χ3n) is 5.08. The molecule has 1 atom stereocenters. The molecule has 29 heavy (non-hydrogen) atoms. The molecule has 0 saturated carbocycles. The van der Waals surface area contributed by atoms with Crippen molar-refractivity contribution >= 4 is 23.3 Å². The van der Waals surface area contributed by atoms with E-state index in [1.807, 2.05) is 6.07 Å². The van der Waals surface area contributed by atoms with E-state index in [9.17, 15) is 20.1 Å². The van der Waals surface area contributed by atoms with Gasteiger partial charge < -0.3 is 10.5 Å². The minimum absolute atomic E-state index is 0.0816. The minimum Gasteiger partial charge on any atom is -0.439 e. The van der Waals surface area contributed by atoms with E-state index in [1.165, 1.54) is 6.92 Å². The molecule has 0 unspecified atom stereocenters. The van der Waals surface area contributed by atoms with Gasteiger partial charge in [0.25, 0.3) is 5.91 Å². The smallest absolute Gasteiger partial charge is 0.255 e. The van der Waals surface area contributed by atoms with Gasteiger partial charge in [-0.1, -0.05) is 48.5 Å². The number of carbonyl (C=O) groups excluding carboxylic acids is 2. The summed E-state index contributed by atoms with van der Waals surface area (Å²) in [5.41, 5.74) is 5.09. The summed E-state index contributed by atoms with van der Waals surface area (Å²) in [7, 11) is 0. The Bertz CT molecular complexity index is 1210. The summed E-state index contributed by atoms with van der Waals surface area (Å²) in [6, 6.07) is 19.3. The number of imide groups is 1. The third-order valence-corrected chi connectivity index (χ3v) is 5.08. The molecule has 140 valence electrons. The number of fused-ring (bicyclic) bond motifs is 2. The van der Waals surface area contributed by atoms with Gasteiger partial charge in [-0.15, -0.1) is 0 Å². The molecule has 0 saturated heterocycles. The summed E-state index contributed by atoms with van der Waals surface area (Å²) < 4.78 is 5.66. The zero-order valence-corrected chi connectivity index (χ0v) is 15.3. The summed E-state index contributed by atoms with van der Waals surface area (Å²) in [5, 5.41) is 20.0. The summed E-state index contributed by atoms with van der Waals surface area (Å²) >= 11 is 0. The number of benzene rings is 2. The molecule has 0 fully saturated rings. The average molecular weight is 382 g/mol. The molecule has 2 aliphatic rings. The van der Waals surface area contributed by atoms with E-state index in [0.717, 1.165) is 4.90 Å². The topological polar surface area (TPSA) is 120 Å². The van der Waals surface area contributed by atoms with Crippen LogP contribution in [0, 0.1) is 22.7 Å². The molecule has 7 nitrogen and oxygen atoms in total. The first kappa shape index (κ1) is 18.0. The molecule has 2 aromatic carbocycles. The number of amides is 2. The number of rotatable bonds is 1. The summed E-state index contributed by atoms with van der Waals surface area (Å²) in [6.07, 6.45) is 0. The van der Waals surface area contributed by atoms with E-state index < -0.39 is 17.2 Å². The number of para-hydroxylation sites is 1. The lowest BCUT2D eigenvalue weighted by Gasteiger charge is -2.33. The molecule has 0 aromatic heterocycles. The predicted octanol–water partition coefficient (Wildman–Crippen LogP) is 2.48. The van der Waals surface area contributed by atoms with Crippen molar-refractivity contribution in [3.05, 3.63) is 82.8 Å². The molecule has 4 rings (SSSR count). The van der Waals surface area contributed by atoms with E-state index in [4.69, 9.17) is 10.5 Å². The lowest BCUT2D eigenvalue weighted by molar-refractivity contribution is -0.126. The van der Waals surface area contributed by atoms with E-state index in [-0.39, 0.29) is 22.8 Å². The highest BCUT2D eigenvalue weighted by molar-refractivity contribution is 6.26. The molecule has 0 radical (unpaired) electrons. The van der Waals surface area contributed by atoms with Crippen LogP contribution in [0.25, 0.3) is 5.76 Å². The van der Waals surface area contributed by atoms with Crippen molar-refractivity contribution in [3.8, 4) is 12.1 Å². The van der Waals surface area contributed by atoms with Crippen LogP contribution in [0.5, 0.6) is 0 Å². The number of hydrogen-bond acceptors (Lipinski definition) is 6. The van der Waals surface area contributed by atoms with Crippen molar-refractivity contribution in [2.45, 2.75) is 12.3 Å². The van der Waals surface area contributed by atoms with Crippen LogP contribution in [0.15, 0.2) is 71.6 Å². The second kappa shape index (κ2) is 6.36. The van der Waals surface area contributed by atoms with E-state index in [1.54, 1.807) is 54.6 Å². The SMILES string of the molecule is CC(=O)N1C(=O)[C@@]2(C(C#N)=C(N)OC(c3ccccc3)=C2C#N)c2ccccc21. The molecule has 2 N–H and O–H groups in total. The predicted molar refractivity (Wildman–Crippen MR) is 103 cm³/mol. The maximum absolute atomic E-state index is 13.7. The summed E-state index contributed by atoms with van der Waals surface area (Å²) in [4.78, 5) is 27.0. The van der Waals surface area contributed by atoms with Gasteiger partial charge in [-0.2, -0.15) is 10.5 Å². The lowest BCUT2D eigenvalue weighted by Crippen LogP contribution is -2.47. The van der Waals surface area contributed by atoms with E-state index in [0.29, 0.717) is 16.8 Å². The van der Waals surface area contributed by atoms with Crippen molar-refractivity contribution < 1.29 is 14.3 Å². The number of nitrogens with two attached hydrogens (primary N) is 1. The molecule has 2 aromatic rings. The number of carbonyl (C=O) groups is 2. The largest absolute Gasteiger partial charge is 0.439 e. The van der Waals surface area contributed by atoms with Crippen LogP contribution in [-0.2, 0) is 19.7 Å². The Kier molecular flexibility index (Phi) is 3.95. The third kappa shape index (κ3) is 2.22. The highest BCUT2D eigenvalue weighted by Gasteiger charge is 2.61. The van der Waals surface area contributed by atoms with Crippen molar-refractivity contribution in [3.63, 3.8) is 0 Å². The Hall–Kier alpha value is -4.36. The fourth-order valence-electron chi connectivity index (χ4n) is 3.93. The maximum atomic E-state index is 13.7. The number of nitriles is 2. The molecule has 2 aliphatic heterocycles. The zero-order valence-electron chi connectivity index (χ0n) is 15.3. The van der Waals surface area contributed by atoms with Gasteiger partial charge in [0.15, 0.2) is 11.2 Å². The van der Waals surface area contributed by atoms with Crippen molar-refractivity contribution in [2.75, 3.05) is 4.90 Å². The van der Waals surface area contributed by atoms with Crippen molar-refractivity contribution in [2.24, 2.45) is 5.73 Å². The second-order valence-corrected chi connectivity index (χ2v) is 6.56. The molecule has 0 aliphatic carbocycles. The van der Waals surface area contributed by atoms with Gasteiger partial charge in [0.05, 0.1) is 11.3 Å². The maximum Gasteiger partial charge on any atom is 0.255 e. The first-order chi connectivity index (χ1) is 14.0. The Balaban J connectivity index is 2.16. The molecule has 2 heterocycles. The Morgan fingerprint density at radius 1 is 1.03 bits per heavy atom. The van der Waals surface area contributed by atoms with Gasteiger partial charge in [-0.25, -0.2) is 4.90 Å². The van der Waals surface area contributed by atoms with Gasteiger partial charge in [0.2, 0.25) is 11.8 Å². The van der Waals surface area contributed by atoms with Gasteiger partial charge in [-0.3, -0.25) is 9.59 Å². The number of nitrogens with zero attached hydrogens (tertiary/aromatic N) is 3. The second-order valence-electron chi connectivity index (χ2n) is 6.56. The van der Waals surface area contributed by atoms with Crippen LogP contribution in [0.1, 0.15) is 18.1 Å². The molecule has 2 amide bonds. The van der Waals surface area contributed by atoms with E-state index >= 15 is 0 Å². The van der Waals surface area contributed by atoms with E-state index in [2.05, 4.69) is 6.07 Å². The Morgan fingerprint density at radius 2 is 1.66 bits per heavy atom. The van der Waals surface area contributed by atoms with Gasteiger partial charge in [-0.05, 0) is 6.07 Å². The number of anilines is 1. The summed E-state index contributed by atoms with van der Waals surface area (Å²) in [5.74, 6) is -1.45. The van der Waals surface area contributed by atoms with Crippen LogP contribution in [-0.4, -0.2) is 11.8 Å². The number of hydrogen-bond donors (Lipinski definition) is 1. The van der Waals surface area contributed by atoms with Gasteiger partial charge >= 0.3 is 0 Å². The zero-order chi connectivity index (χ0) is 20.8. The molecule has 0 bridgehead atoms. The van der Waals surface area contributed by atoms with Crippen molar-refractivity contribution in [1.29, 1.82) is 10.5 Å². The quantitative estimate of drug-likeness (QED) is 0.809. The highest BCUT2D eigenvalue weighted by atomic mass is 16.5. The fourth-order valence-corrected chi connectivity index (χ4v) is 3.93. The Labute approximate surface area is 166 Å². The monoisotopic (exact) mass is 382 g/mol. The molecule has 7 heteroatoms. The lowest BCUT2D eigenvalue weighted by atomic mass is 9.68. The highest BCUT2D eigenvalue weighted by Crippen LogP contribution is 2.54. The van der Waals surface area contributed by atoms with Crippen LogP contribution in [0.2, 0.25) is 0 Å². The first-order valence-corrected chi connectivity index (χ1v) is 8.71. The fraction of sp³-hybridized carbons (Fsp3) is 0.0909. The Morgan fingerprint density at radius 3 is 2.28 bits per heavy atom. The van der Waals surface area contributed by atoms with Crippen LogP contribution < -0.4 is 10.6 Å². The molecule has 1 spiro atoms. The number of ether oxygens (including phenoxy) is 1. The first-order valence-electron chi connectivity index (χ1n) is 8.71.